The highest BCUT2D eigenvalue weighted by molar-refractivity contribution is 5.93. The topological polar surface area (TPSA) is 88.1 Å². The number of aliphatic imine (C=N–C) groups is 1. The molecule has 1 saturated heterocycles. The van der Waals surface area contributed by atoms with E-state index in [1.54, 1.807) is 20.8 Å². The molecule has 152 valence electrons. The van der Waals surface area contributed by atoms with Crippen LogP contribution in [-0.2, 0) is 19.1 Å². The second kappa shape index (κ2) is 6.56. The molecule has 2 aliphatic rings. The molecule has 1 aliphatic carbocycles. The van der Waals surface area contributed by atoms with Crippen molar-refractivity contribution in [3.8, 4) is 0 Å². The number of piperidine rings is 1. The number of amides is 2. The number of methoxy groups -OCH3 is 1. The lowest BCUT2D eigenvalue weighted by Gasteiger charge is -2.37. The molecule has 0 aromatic carbocycles. The smallest absolute Gasteiger partial charge is 0.328 e. The van der Waals surface area contributed by atoms with Crippen molar-refractivity contribution < 1.29 is 23.5 Å². The molecule has 0 aromatic heterocycles. The molecule has 0 bridgehead atoms. The van der Waals surface area contributed by atoms with Crippen molar-refractivity contribution >= 4 is 24.5 Å². The normalized spacial score (nSPS) is 30.7. The zero-order valence-electron chi connectivity index (χ0n) is 17.1. The number of hydrogen-bond donors (Lipinski definition) is 1. The summed E-state index contributed by atoms with van der Waals surface area (Å²) in [6.07, 6.45) is -1.74. The maximum atomic E-state index is 13.4. The third-order valence-corrected chi connectivity index (χ3v) is 6.16. The molecule has 2 rings (SSSR count). The number of alkyl halides is 1. The molecule has 27 heavy (non-hydrogen) atoms. The third kappa shape index (κ3) is 3.12. The number of rotatable bonds is 5. The highest BCUT2D eigenvalue weighted by Gasteiger charge is 2.81. The number of ether oxygens (including phenoxy) is 1. The Labute approximate surface area is 159 Å². The molecule has 7 nitrogen and oxygen atoms in total. The summed E-state index contributed by atoms with van der Waals surface area (Å²) in [5.74, 6) is -2.05. The third-order valence-electron chi connectivity index (χ3n) is 6.16. The molecule has 1 saturated carbocycles. The molecule has 5 atom stereocenters. The monoisotopic (exact) mass is 383 g/mol. The molecular formula is C19H30FN3O4. The highest BCUT2D eigenvalue weighted by atomic mass is 19.1. The fourth-order valence-corrected chi connectivity index (χ4v) is 4.39. The summed E-state index contributed by atoms with van der Waals surface area (Å²) in [5, 5.41) is 2.49. The van der Waals surface area contributed by atoms with E-state index in [0.717, 1.165) is 6.92 Å². The zero-order chi connectivity index (χ0) is 20.9. The summed E-state index contributed by atoms with van der Waals surface area (Å²) in [6, 6.07) is -1.80. The van der Waals surface area contributed by atoms with Crippen molar-refractivity contribution in [1.82, 2.24) is 10.2 Å². The van der Waals surface area contributed by atoms with Crippen molar-refractivity contribution in [2.24, 2.45) is 21.7 Å². The number of esters is 1. The van der Waals surface area contributed by atoms with Crippen LogP contribution in [0.15, 0.2) is 4.99 Å². The molecule has 1 unspecified atom stereocenters. The van der Waals surface area contributed by atoms with Gasteiger partial charge in [-0.3, -0.25) is 14.6 Å². The van der Waals surface area contributed by atoms with Gasteiger partial charge in [0.15, 0.2) is 6.17 Å². The van der Waals surface area contributed by atoms with Gasteiger partial charge in [-0.25, -0.2) is 9.18 Å². The predicted octanol–water partition coefficient (Wildman–Crippen LogP) is 1.35. The van der Waals surface area contributed by atoms with Gasteiger partial charge in [-0.05, 0) is 24.5 Å². The van der Waals surface area contributed by atoms with Crippen LogP contribution >= 0.6 is 0 Å². The van der Waals surface area contributed by atoms with Crippen molar-refractivity contribution in [1.29, 1.82) is 0 Å². The van der Waals surface area contributed by atoms with Gasteiger partial charge in [-0.15, -0.1) is 0 Å². The van der Waals surface area contributed by atoms with E-state index >= 15 is 0 Å². The SMILES string of the molecule is C=N[C@]12CN(C(=O)[C@@H](NC(=O)C(C)F)C(C)(C)C)[C@H](C(=O)OC)[C@H]1C2(C)C. The van der Waals surface area contributed by atoms with E-state index in [1.807, 2.05) is 13.8 Å². The molecule has 1 heterocycles. The van der Waals surface area contributed by atoms with Gasteiger partial charge in [0, 0.05) is 12.5 Å². The molecule has 2 fully saturated rings. The second-order valence-corrected chi connectivity index (χ2v) is 9.14. The lowest BCUT2D eigenvalue weighted by Crippen LogP contribution is -2.59. The summed E-state index contributed by atoms with van der Waals surface area (Å²) in [7, 11) is 1.27. The molecule has 0 radical (unpaired) electrons. The van der Waals surface area contributed by atoms with Gasteiger partial charge in [0.2, 0.25) is 5.91 Å². The first-order chi connectivity index (χ1) is 12.3. The largest absolute Gasteiger partial charge is 0.467 e. The van der Waals surface area contributed by atoms with E-state index in [-0.39, 0.29) is 17.9 Å². The molecule has 0 aromatic rings. The summed E-state index contributed by atoms with van der Waals surface area (Å²) in [6.45, 7) is 14.3. The van der Waals surface area contributed by atoms with Gasteiger partial charge in [0.05, 0.1) is 12.6 Å². The first-order valence-corrected chi connectivity index (χ1v) is 9.07. The number of fused-ring (bicyclic) bond motifs is 1. The molecule has 0 spiro atoms. The van der Waals surface area contributed by atoms with Crippen molar-refractivity contribution in [3.05, 3.63) is 0 Å². The fraction of sp³-hybridized carbons (Fsp3) is 0.789. The maximum Gasteiger partial charge on any atom is 0.328 e. The lowest BCUT2D eigenvalue weighted by atomic mass is 9.85. The number of carbonyl (C=O) groups excluding carboxylic acids is 3. The van der Waals surface area contributed by atoms with Gasteiger partial charge in [-0.2, -0.15) is 0 Å². The lowest BCUT2D eigenvalue weighted by molar-refractivity contribution is -0.155. The quantitative estimate of drug-likeness (QED) is 0.573. The van der Waals surface area contributed by atoms with E-state index in [0.29, 0.717) is 0 Å². The molecule has 1 N–H and O–H groups in total. The Kier molecular flexibility index (Phi) is 5.18. The minimum absolute atomic E-state index is 0.209. The van der Waals surface area contributed by atoms with Crippen molar-refractivity contribution in [2.45, 2.75) is 65.3 Å². The summed E-state index contributed by atoms with van der Waals surface area (Å²) in [4.78, 5) is 43.4. The second-order valence-electron chi connectivity index (χ2n) is 9.14. The van der Waals surface area contributed by atoms with Gasteiger partial charge in [0.1, 0.15) is 12.1 Å². The summed E-state index contributed by atoms with van der Waals surface area (Å²) < 4.78 is 18.3. The average Bonchev–Trinajstić information content (AvgIpc) is 2.89. The Balaban J connectivity index is 2.38. The molecular weight excluding hydrogens is 353 g/mol. The standard InChI is InChI=1S/C19H30FN3O4/c1-10(20)14(24)22-13(17(2,3)4)15(25)23-9-19(21-7)12(18(19,5)6)11(23)16(26)27-8/h10-13H,7,9H2,1-6,8H3,(H,22,24)/t10?,11-,12-,13+,19+/m0/s1. The van der Waals surface area contributed by atoms with Crippen LogP contribution in [0, 0.1) is 16.7 Å². The van der Waals surface area contributed by atoms with Crippen LogP contribution < -0.4 is 5.32 Å². The first kappa shape index (κ1) is 21.3. The summed E-state index contributed by atoms with van der Waals surface area (Å²) >= 11 is 0. The van der Waals surface area contributed by atoms with Gasteiger partial charge < -0.3 is 15.0 Å². The van der Waals surface area contributed by atoms with Crippen LogP contribution in [0.2, 0.25) is 0 Å². The molecule has 2 amide bonds. The highest BCUT2D eigenvalue weighted by Crippen LogP contribution is 2.70. The predicted molar refractivity (Wildman–Crippen MR) is 99.0 cm³/mol. The average molecular weight is 383 g/mol. The van der Waals surface area contributed by atoms with Crippen LogP contribution in [0.5, 0.6) is 0 Å². The van der Waals surface area contributed by atoms with Crippen molar-refractivity contribution in [3.63, 3.8) is 0 Å². The number of likely N-dealkylation sites (tertiary alicyclic amines) is 1. The number of hydrogen-bond acceptors (Lipinski definition) is 5. The number of halogens is 1. The van der Waals surface area contributed by atoms with Crippen LogP contribution in [0.4, 0.5) is 4.39 Å². The number of carbonyl (C=O) groups is 3. The number of nitrogens with one attached hydrogen (secondary N) is 1. The minimum atomic E-state index is -1.74. The van der Waals surface area contributed by atoms with E-state index < -0.39 is 47.0 Å². The van der Waals surface area contributed by atoms with Crippen LogP contribution in [0.1, 0.15) is 41.5 Å². The maximum absolute atomic E-state index is 13.4. The first-order valence-electron chi connectivity index (χ1n) is 9.07. The Morgan fingerprint density at radius 3 is 2.30 bits per heavy atom. The van der Waals surface area contributed by atoms with Crippen molar-refractivity contribution in [2.75, 3.05) is 13.7 Å². The summed E-state index contributed by atoms with van der Waals surface area (Å²) in [5.41, 5.74) is -1.60. The van der Waals surface area contributed by atoms with Crippen LogP contribution in [0.3, 0.4) is 0 Å². The van der Waals surface area contributed by atoms with E-state index in [1.165, 1.54) is 12.0 Å². The van der Waals surface area contributed by atoms with Gasteiger partial charge in [0.25, 0.3) is 5.91 Å². The Bertz CT molecular complexity index is 670. The van der Waals surface area contributed by atoms with E-state index in [9.17, 15) is 18.8 Å². The molecule has 8 heteroatoms. The Morgan fingerprint density at radius 2 is 1.89 bits per heavy atom. The van der Waals surface area contributed by atoms with E-state index in [4.69, 9.17) is 4.74 Å². The fourth-order valence-electron chi connectivity index (χ4n) is 4.39. The van der Waals surface area contributed by atoms with Crippen LogP contribution in [0.25, 0.3) is 0 Å². The van der Waals surface area contributed by atoms with Gasteiger partial charge in [-0.1, -0.05) is 34.6 Å². The minimum Gasteiger partial charge on any atom is -0.467 e. The Hall–Kier alpha value is -1.99. The van der Waals surface area contributed by atoms with Gasteiger partial charge >= 0.3 is 5.97 Å². The number of nitrogens with zero attached hydrogens (tertiary/aromatic N) is 2. The zero-order valence-corrected chi connectivity index (χ0v) is 17.1. The Morgan fingerprint density at radius 1 is 1.33 bits per heavy atom. The van der Waals surface area contributed by atoms with Crippen LogP contribution in [-0.4, -0.2) is 66.8 Å². The molecule has 1 aliphatic heterocycles. The van der Waals surface area contributed by atoms with E-state index in [2.05, 4.69) is 17.0 Å².